The number of carbonyl (C=O) groups is 2. The van der Waals surface area contributed by atoms with Crippen LogP contribution in [0.4, 0.5) is 0 Å². The number of ether oxygens (including phenoxy) is 1. The molecular weight excluding hydrogens is 228 g/mol. The molecule has 18 heavy (non-hydrogen) atoms. The van der Waals surface area contributed by atoms with E-state index in [2.05, 4.69) is 0 Å². The van der Waals surface area contributed by atoms with Gasteiger partial charge in [-0.25, -0.2) is 4.79 Å². The minimum atomic E-state index is -0.879. The number of aldehydes is 1. The fraction of sp³-hybridized carbons (Fsp3) is 0.0667. The van der Waals surface area contributed by atoms with Gasteiger partial charge in [0.1, 0.15) is 5.75 Å². The van der Waals surface area contributed by atoms with E-state index < -0.39 is 5.97 Å². The van der Waals surface area contributed by atoms with Crippen molar-refractivity contribution < 1.29 is 14.3 Å². The third-order valence-corrected chi connectivity index (χ3v) is 2.52. The van der Waals surface area contributed by atoms with Gasteiger partial charge in [0, 0.05) is 6.42 Å². The highest BCUT2D eigenvalue weighted by molar-refractivity contribution is 6.21. The average molecular weight is 240 g/mol. The zero-order chi connectivity index (χ0) is 12.8. The second-order valence-corrected chi connectivity index (χ2v) is 3.81. The van der Waals surface area contributed by atoms with Crippen LogP contribution in [0, 0.1) is 0 Å². The van der Waals surface area contributed by atoms with Gasteiger partial charge in [-0.2, -0.15) is 0 Å². The molecule has 0 fully saturated rings. The Labute approximate surface area is 105 Å². The van der Waals surface area contributed by atoms with E-state index in [1.54, 1.807) is 12.1 Å². The first kappa shape index (κ1) is 12.0. The van der Waals surface area contributed by atoms with Gasteiger partial charge in [0.25, 0.3) is 0 Å². The van der Waals surface area contributed by atoms with Gasteiger partial charge >= 0.3 is 5.97 Å². The quantitative estimate of drug-likeness (QED) is 0.356. The molecule has 0 amide bonds. The van der Waals surface area contributed by atoms with Gasteiger partial charge in [-0.3, -0.25) is 4.79 Å². The van der Waals surface area contributed by atoms with Crippen LogP contribution in [0.15, 0.2) is 54.6 Å². The Balaban J connectivity index is 2.22. The molecule has 3 nitrogen and oxygen atoms in total. The van der Waals surface area contributed by atoms with Crippen LogP contribution in [0.3, 0.4) is 0 Å². The summed E-state index contributed by atoms with van der Waals surface area (Å²) >= 11 is 0. The summed E-state index contributed by atoms with van der Waals surface area (Å²) in [5.74, 6) is -0.450. The van der Waals surface area contributed by atoms with E-state index in [1.807, 2.05) is 42.5 Å². The van der Waals surface area contributed by atoms with Crippen molar-refractivity contribution in [3.05, 3.63) is 65.7 Å². The molecule has 0 aliphatic rings. The first-order valence-electron chi connectivity index (χ1n) is 5.58. The van der Waals surface area contributed by atoms with Gasteiger partial charge in [-0.1, -0.05) is 48.5 Å². The maximum atomic E-state index is 11.0. The van der Waals surface area contributed by atoms with Crippen LogP contribution in [-0.4, -0.2) is 12.3 Å². The van der Waals surface area contributed by atoms with Gasteiger partial charge in [0.15, 0.2) is 0 Å². The van der Waals surface area contributed by atoms with Crippen LogP contribution in [-0.2, 0) is 16.0 Å². The predicted molar refractivity (Wildman–Crippen MR) is 67.4 cm³/mol. The maximum Gasteiger partial charge on any atom is 0.376 e. The highest BCUT2D eigenvalue weighted by atomic mass is 16.5. The Bertz CT molecular complexity index is 547. The lowest BCUT2D eigenvalue weighted by Crippen LogP contribution is -2.10. The van der Waals surface area contributed by atoms with E-state index in [9.17, 15) is 9.59 Å². The molecule has 2 aromatic carbocycles. The summed E-state index contributed by atoms with van der Waals surface area (Å²) in [6.07, 6.45) is 0.822. The zero-order valence-corrected chi connectivity index (χ0v) is 9.71. The molecule has 2 aromatic rings. The standard InChI is InChI=1S/C15H12O3/c16-11-15(17)18-14-9-5-4-8-13(14)10-12-6-2-1-3-7-12/h1-9,11H,10H2. The molecule has 0 aromatic heterocycles. The van der Waals surface area contributed by atoms with Crippen molar-refractivity contribution in [3.8, 4) is 5.75 Å². The monoisotopic (exact) mass is 240 g/mol. The lowest BCUT2D eigenvalue weighted by molar-refractivity contribution is -0.141. The van der Waals surface area contributed by atoms with E-state index >= 15 is 0 Å². The smallest absolute Gasteiger partial charge is 0.376 e. The molecule has 0 heterocycles. The van der Waals surface area contributed by atoms with Crippen LogP contribution in [0.2, 0.25) is 0 Å². The molecule has 90 valence electrons. The SMILES string of the molecule is O=CC(=O)Oc1ccccc1Cc1ccccc1. The molecule has 0 saturated carbocycles. The lowest BCUT2D eigenvalue weighted by Gasteiger charge is -2.08. The molecule has 0 bridgehead atoms. The number of rotatable bonds is 4. The van der Waals surface area contributed by atoms with Crippen LogP contribution in [0.1, 0.15) is 11.1 Å². The Kier molecular flexibility index (Phi) is 3.86. The highest BCUT2D eigenvalue weighted by Crippen LogP contribution is 2.21. The normalized spacial score (nSPS) is 9.78. The highest BCUT2D eigenvalue weighted by Gasteiger charge is 2.08. The van der Waals surface area contributed by atoms with Gasteiger partial charge in [-0.05, 0) is 17.2 Å². The molecule has 0 N–H and O–H groups in total. The summed E-state index contributed by atoms with van der Waals surface area (Å²) in [6, 6.07) is 17.0. The molecule has 0 spiro atoms. The van der Waals surface area contributed by atoms with Crippen LogP contribution in [0.25, 0.3) is 0 Å². The molecule has 0 unspecified atom stereocenters. The average Bonchev–Trinajstić information content (AvgIpc) is 2.42. The summed E-state index contributed by atoms with van der Waals surface area (Å²) in [7, 11) is 0. The van der Waals surface area contributed by atoms with Crippen molar-refractivity contribution in [1.82, 2.24) is 0 Å². The zero-order valence-electron chi connectivity index (χ0n) is 9.71. The largest absolute Gasteiger partial charge is 0.421 e. The molecule has 2 rings (SSSR count). The number of benzene rings is 2. The summed E-state index contributed by atoms with van der Waals surface area (Å²) in [5, 5.41) is 0. The number of hydrogen-bond acceptors (Lipinski definition) is 3. The van der Waals surface area contributed by atoms with Gasteiger partial charge < -0.3 is 4.74 Å². The molecule has 0 atom stereocenters. The summed E-state index contributed by atoms with van der Waals surface area (Å²) in [5.41, 5.74) is 1.99. The number of esters is 1. The van der Waals surface area contributed by atoms with E-state index in [0.29, 0.717) is 12.2 Å². The third-order valence-electron chi connectivity index (χ3n) is 2.52. The van der Waals surface area contributed by atoms with E-state index in [1.165, 1.54) is 0 Å². The fourth-order valence-electron chi connectivity index (χ4n) is 1.70. The Morgan fingerprint density at radius 2 is 1.67 bits per heavy atom. The first-order valence-corrected chi connectivity index (χ1v) is 5.58. The molecule has 0 saturated heterocycles. The first-order chi connectivity index (χ1) is 8.79. The number of carbonyl (C=O) groups excluding carboxylic acids is 2. The second kappa shape index (κ2) is 5.77. The Morgan fingerprint density at radius 1 is 1.00 bits per heavy atom. The predicted octanol–water partition coefficient (Wildman–Crippen LogP) is 2.38. The van der Waals surface area contributed by atoms with Gasteiger partial charge in [-0.15, -0.1) is 0 Å². The minimum Gasteiger partial charge on any atom is -0.421 e. The second-order valence-electron chi connectivity index (χ2n) is 3.81. The fourth-order valence-corrected chi connectivity index (χ4v) is 1.70. The molecule has 0 aliphatic heterocycles. The van der Waals surface area contributed by atoms with E-state index in [0.717, 1.165) is 11.1 Å². The third kappa shape index (κ3) is 3.04. The van der Waals surface area contributed by atoms with Gasteiger partial charge in [0.05, 0.1) is 0 Å². The summed E-state index contributed by atoms with van der Waals surface area (Å²) in [4.78, 5) is 21.3. The molecular formula is C15H12O3. The Morgan fingerprint density at radius 3 is 2.39 bits per heavy atom. The Hall–Kier alpha value is -2.42. The maximum absolute atomic E-state index is 11.0. The van der Waals surface area contributed by atoms with Crippen molar-refractivity contribution in [2.75, 3.05) is 0 Å². The van der Waals surface area contributed by atoms with Crippen molar-refractivity contribution in [2.45, 2.75) is 6.42 Å². The minimum absolute atomic E-state index is 0.166. The topological polar surface area (TPSA) is 43.4 Å². The molecule has 0 radical (unpaired) electrons. The lowest BCUT2D eigenvalue weighted by atomic mass is 10.0. The van der Waals surface area contributed by atoms with Crippen molar-refractivity contribution in [1.29, 1.82) is 0 Å². The van der Waals surface area contributed by atoms with Crippen LogP contribution in [0.5, 0.6) is 5.75 Å². The van der Waals surface area contributed by atoms with E-state index in [4.69, 9.17) is 4.74 Å². The van der Waals surface area contributed by atoms with Gasteiger partial charge in [0.2, 0.25) is 6.29 Å². The number of para-hydroxylation sites is 1. The summed E-state index contributed by atoms with van der Waals surface area (Å²) in [6.45, 7) is 0. The van der Waals surface area contributed by atoms with Crippen LogP contribution < -0.4 is 4.74 Å². The molecule has 0 aliphatic carbocycles. The van der Waals surface area contributed by atoms with Crippen molar-refractivity contribution in [2.24, 2.45) is 0 Å². The molecule has 3 heteroatoms. The van der Waals surface area contributed by atoms with Crippen molar-refractivity contribution >= 4 is 12.3 Å². The number of hydrogen-bond donors (Lipinski definition) is 0. The summed E-state index contributed by atoms with van der Waals surface area (Å²) < 4.78 is 4.96. The van der Waals surface area contributed by atoms with Crippen molar-refractivity contribution in [3.63, 3.8) is 0 Å². The van der Waals surface area contributed by atoms with E-state index in [-0.39, 0.29) is 6.29 Å². The van der Waals surface area contributed by atoms with Crippen LogP contribution >= 0.6 is 0 Å².